The number of benzene rings is 1. The van der Waals surface area contributed by atoms with Crippen LogP contribution in [-0.2, 0) is 11.7 Å². The molecule has 0 saturated heterocycles. The average Bonchev–Trinajstić information content (AvgIpc) is 3.05. The maximum Gasteiger partial charge on any atom is 0.420 e. The topological polar surface area (TPSA) is 44.5 Å². The van der Waals surface area contributed by atoms with Gasteiger partial charge in [-0.1, -0.05) is 0 Å². The predicted molar refractivity (Wildman–Crippen MR) is 59.6 cm³/mol. The zero-order valence-corrected chi connectivity index (χ0v) is 10.1. The first-order valence-electron chi connectivity index (χ1n) is 5.44. The van der Waals surface area contributed by atoms with Crippen molar-refractivity contribution in [3.63, 3.8) is 0 Å². The summed E-state index contributed by atoms with van der Waals surface area (Å²) in [5.41, 5.74) is 4.86. The largest absolute Gasteiger partial charge is 0.493 e. The van der Waals surface area contributed by atoms with Gasteiger partial charge in [-0.15, -0.1) is 0 Å². The standard InChI is InChI=1S/C12H14F3NO2/c1-17-9-6-7(11(16)3-4-11)5-8(10(9)18-2)12(13,14)15/h5-6H,3-4,16H2,1-2H3. The molecule has 18 heavy (non-hydrogen) atoms. The molecule has 6 heteroatoms. The Hall–Kier alpha value is -1.43. The highest BCUT2D eigenvalue weighted by Gasteiger charge is 2.44. The van der Waals surface area contributed by atoms with E-state index in [1.807, 2.05) is 0 Å². The second-order valence-corrected chi connectivity index (χ2v) is 4.41. The van der Waals surface area contributed by atoms with E-state index in [2.05, 4.69) is 0 Å². The monoisotopic (exact) mass is 261 g/mol. The van der Waals surface area contributed by atoms with Crippen LogP contribution in [0.5, 0.6) is 11.5 Å². The minimum absolute atomic E-state index is 0.0547. The van der Waals surface area contributed by atoms with Crippen LogP contribution in [0.2, 0.25) is 0 Å². The van der Waals surface area contributed by atoms with Gasteiger partial charge in [-0.25, -0.2) is 0 Å². The van der Waals surface area contributed by atoms with E-state index in [4.69, 9.17) is 15.2 Å². The van der Waals surface area contributed by atoms with E-state index in [0.717, 1.165) is 6.07 Å². The fourth-order valence-corrected chi connectivity index (χ4v) is 1.89. The maximum absolute atomic E-state index is 13.0. The van der Waals surface area contributed by atoms with E-state index in [1.165, 1.54) is 20.3 Å². The van der Waals surface area contributed by atoms with Gasteiger partial charge in [0, 0.05) is 5.54 Å². The Kier molecular flexibility index (Phi) is 2.93. The molecule has 1 aliphatic carbocycles. The third-order valence-corrected chi connectivity index (χ3v) is 3.15. The summed E-state index contributed by atoms with van der Waals surface area (Å²) >= 11 is 0. The van der Waals surface area contributed by atoms with E-state index in [9.17, 15) is 13.2 Å². The molecular formula is C12H14F3NO2. The molecule has 0 atom stereocenters. The van der Waals surface area contributed by atoms with Gasteiger partial charge in [-0.05, 0) is 30.5 Å². The van der Waals surface area contributed by atoms with Crippen LogP contribution in [0.15, 0.2) is 12.1 Å². The lowest BCUT2D eigenvalue weighted by atomic mass is 10.0. The molecule has 2 rings (SSSR count). The van der Waals surface area contributed by atoms with Crippen molar-refractivity contribution < 1.29 is 22.6 Å². The minimum Gasteiger partial charge on any atom is -0.493 e. The van der Waals surface area contributed by atoms with Crippen LogP contribution in [0.3, 0.4) is 0 Å². The fraction of sp³-hybridized carbons (Fsp3) is 0.500. The van der Waals surface area contributed by atoms with Crippen molar-refractivity contribution in [2.24, 2.45) is 5.73 Å². The van der Waals surface area contributed by atoms with Crippen LogP contribution < -0.4 is 15.2 Å². The van der Waals surface area contributed by atoms with Gasteiger partial charge in [-0.2, -0.15) is 13.2 Å². The Morgan fingerprint density at radius 3 is 2.17 bits per heavy atom. The van der Waals surface area contributed by atoms with Crippen molar-refractivity contribution in [1.29, 1.82) is 0 Å². The lowest BCUT2D eigenvalue weighted by Crippen LogP contribution is -2.20. The summed E-state index contributed by atoms with van der Waals surface area (Å²) in [5.74, 6) is -0.253. The Morgan fingerprint density at radius 2 is 1.78 bits per heavy atom. The van der Waals surface area contributed by atoms with Gasteiger partial charge in [0.1, 0.15) is 5.56 Å². The molecule has 0 bridgehead atoms. The molecule has 1 aromatic carbocycles. The van der Waals surface area contributed by atoms with Crippen LogP contribution in [-0.4, -0.2) is 14.2 Å². The van der Waals surface area contributed by atoms with Crippen molar-refractivity contribution in [2.75, 3.05) is 14.2 Å². The van der Waals surface area contributed by atoms with Gasteiger partial charge in [0.15, 0.2) is 11.5 Å². The number of hydrogen-bond acceptors (Lipinski definition) is 3. The molecule has 0 aromatic heterocycles. The Morgan fingerprint density at radius 1 is 1.17 bits per heavy atom. The highest BCUT2D eigenvalue weighted by Crippen LogP contribution is 2.49. The number of hydrogen-bond donors (Lipinski definition) is 1. The predicted octanol–water partition coefficient (Wildman–Crippen LogP) is 2.67. The summed E-state index contributed by atoms with van der Waals surface area (Å²) in [5, 5.41) is 0. The second kappa shape index (κ2) is 4.05. The highest BCUT2D eigenvalue weighted by molar-refractivity contribution is 5.53. The van der Waals surface area contributed by atoms with Crippen molar-refractivity contribution in [3.8, 4) is 11.5 Å². The van der Waals surface area contributed by atoms with Gasteiger partial charge in [0.2, 0.25) is 0 Å². The van der Waals surface area contributed by atoms with E-state index < -0.39 is 17.3 Å². The summed E-state index contributed by atoms with van der Waals surface area (Å²) in [6, 6.07) is 2.56. The van der Waals surface area contributed by atoms with Gasteiger partial charge < -0.3 is 15.2 Å². The van der Waals surface area contributed by atoms with Crippen LogP contribution in [0, 0.1) is 0 Å². The highest BCUT2D eigenvalue weighted by atomic mass is 19.4. The first-order chi connectivity index (χ1) is 8.31. The molecule has 1 fully saturated rings. The summed E-state index contributed by atoms with van der Waals surface area (Å²) in [7, 11) is 2.49. The Balaban J connectivity index is 2.61. The van der Waals surface area contributed by atoms with E-state index in [-0.39, 0.29) is 11.5 Å². The van der Waals surface area contributed by atoms with Gasteiger partial charge in [0.05, 0.1) is 14.2 Å². The molecule has 0 heterocycles. The zero-order chi connectivity index (χ0) is 13.6. The molecule has 0 spiro atoms. The minimum atomic E-state index is -4.50. The van der Waals surface area contributed by atoms with Crippen LogP contribution in [0.1, 0.15) is 24.0 Å². The van der Waals surface area contributed by atoms with E-state index in [0.29, 0.717) is 18.4 Å². The second-order valence-electron chi connectivity index (χ2n) is 4.41. The molecule has 0 unspecified atom stereocenters. The Labute approximate surface area is 103 Å². The molecule has 0 aliphatic heterocycles. The van der Waals surface area contributed by atoms with Gasteiger partial charge in [0.25, 0.3) is 0 Å². The maximum atomic E-state index is 13.0. The number of alkyl halides is 3. The molecule has 2 N–H and O–H groups in total. The summed E-state index contributed by atoms with van der Waals surface area (Å²) < 4.78 is 48.6. The number of nitrogens with two attached hydrogens (primary N) is 1. The number of methoxy groups -OCH3 is 2. The molecule has 0 radical (unpaired) electrons. The molecular weight excluding hydrogens is 247 g/mol. The molecule has 1 aromatic rings. The first kappa shape index (κ1) is 13.0. The van der Waals surface area contributed by atoms with Crippen molar-refractivity contribution in [3.05, 3.63) is 23.3 Å². The van der Waals surface area contributed by atoms with Crippen LogP contribution >= 0.6 is 0 Å². The molecule has 1 aliphatic rings. The Bertz CT molecular complexity index is 467. The normalized spacial score (nSPS) is 17.4. The lowest BCUT2D eigenvalue weighted by Gasteiger charge is -2.19. The van der Waals surface area contributed by atoms with E-state index >= 15 is 0 Å². The van der Waals surface area contributed by atoms with Crippen molar-refractivity contribution in [1.82, 2.24) is 0 Å². The molecule has 0 amide bonds. The average molecular weight is 261 g/mol. The summed E-state index contributed by atoms with van der Waals surface area (Å²) in [6.45, 7) is 0. The summed E-state index contributed by atoms with van der Waals surface area (Å²) in [4.78, 5) is 0. The first-order valence-corrected chi connectivity index (χ1v) is 5.44. The smallest absolute Gasteiger partial charge is 0.420 e. The van der Waals surface area contributed by atoms with Crippen molar-refractivity contribution >= 4 is 0 Å². The fourth-order valence-electron chi connectivity index (χ4n) is 1.89. The van der Waals surface area contributed by atoms with Gasteiger partial charge >= 0.3 is 6.18 Å². The SMILES string of the molecule is COc1cc(C2(N)CC2)cc(C(F)(F)F)c1OC. The zero-order valence-electron chi connectivity index (χ0n) is 10.1. The number of rotatable bonds is 3. The van der Waals surface area contributed by atoms with E-state index in [1.54, 1.807) is 0 Å². The van der Waals surface area contributed by atoms with Crippen molar-refractivity contribution in [2.45, 2.75) is 24.6 Å². The lowest BCUT2D eigenvalue weighted by molar-refractivity contribution is -0.138. The van der Waals surface area contributed by atoms with Crippen LogP contribution in [0.25, 0.3) is 0 Å². The van der Waals surface area contributed by atoms with Crippen LogP contribution in [0.4, 0.5) is 13.2 Å². The number of halogens is 3. The summed E-state index contributed by atoms with van der Waals surface area (Å²) in [6.07, 6.45) is -3.14. The number of ether oxygens (including phenoxy) is 2. The molecule has 3 nitrogen and oxygen atoms in total. The molecule has 1 saturated carbocycles. The third kappa shape index (κ3) is 2.12. The quantitative estimate of drug-likeness (QED) is 0.909. The third-order valence-electron chi connectivity index (χ3n) is 3.15. The molecule has 100 valence electrons. The van der Waals surface area contributed by atoms with Gasteiger partial charge in [-0.3, -0.25) is 0 Å².